The van der Waals surface area contributed by atoms with Crippen molar-refractivity contribution in [2.24, 2.45) is 4.99 Å². The first-order valence-corrected chi connectivity index (χ1v) is 9.82. The van der Waals surface area contributed by atoms with E-state index in [1.807, 2.05) is 6.07 Å². The molecule has 152 valence electrons. The molecule has 1 aromatic rings. The van der Waals surface area contributed by atoms with Crippen molar-refractivity contribution in [2.45, 2.75) is 44.6 Å². The number of nitrogens with one attached hydrogen (secondary N) is 2. The number of aliphatic imine (C=N–C) groups is 1. The average molecular weight is 379 g/mol. The fourth-order valence-corrected chi connectivity index (χ4v) is 3.40. The molecule has 1 saturated heterocycles. The highest BCUT2D eigenvalue weighted by atomic mass is 19.1. The minimum atomic E-state index is -0.248. The zero-order valence-corrected chi connectivity index (χ0v) is 17.4. The second-order valence-electron chi connectivity index (χ2n) is 8.17. The van der Waals surface area contributed by atoms with E-state index in [0.717, 1.165) is 50.7 Å². The monoisotopic (exact) mass is 378 g/mol. The smallest absolute Gasteiger partial charge is 0.191 e. The van der Waals surface area contributed by atoms with Crippen LogP contribution in [0, 0.1) is 5.82 Å². The Bertz CT molecular complexity index is 624. The summed E-state index contributed by atoms with van der Waals surface area (Å²) in [5.41, 5.74) is 0.783. The van der Waals surface area contributed by atoms with Gasteiger partial charge in [-0.2, -0.15) is 0 Å². The maximum absolute atomic E-state index is 13.6. The third-order valence-corrected chi connectivity index (χ3v) is 5.54. The zero-order chi connectivity index (χ0) is 19.9. The lowest BCUT2D eigenvalue weighted by Gasteiger charge is -2.43. The van der Waals surface area contributed by atoms with Crippen LogP contribution in [0.15, 0.2) is 29.3 Å². The highest BCUT2D eigenvalue weighted by Crippen LogP contribution is 2.26. The van der Waals surface area contributed by atoms with Gasteiger partial charge in [0.25, 0.3) is 0 Å². The molecule has 5 nitrogen and oxygen atoms in total. The van der Waals surface area contributed by atoms with Crippen molar-refractivity contribution < 1.29 is 9.13 Å². The standard InChI is InChI=1S/C21H35FN4O/c1-6-23-19(25-16-21(26(4)5)10-12-27-13-11-21)24-15-20(2,3)17-8-7-9-18(22)14-17/h7-9,14H,6,10-13,15-16H2,1-5H3,(H2,23,24,25). The summed E-state index contributed by atoms with van der Waals surface area (Å²) in [5, 5.41) is 6.84. The van der Waals surface area contributed by atoms with Crippen molar-refractivity contribution in [1.29, 1.82) is 0 Å². The minimum absolute atomic E-state index is 0.0759. The van der Waals surface area contributed by atoms with Gasteiger partial charge in [-0.25, -0.2) is 4.39 Å². The lowest BCUT2D eigenvalue weighted by molar-refractivity contribution is -0.00501. The van der Waals surface area contributed by atoms with Crippen LogP contribution in [0.25, 0.3) is 0 Å². The molecular formula is C21H35FN4O. The van der Waals surface area contributed by atoms with E-state index < -0.39 is 0 Å². The number of ether oxygens (including phenoxy) is 1. The summed E-state index contributed by atoms with van der Waals surface area (Å²) in [6.07, 6.45) is 2.00. The van der Waals surface area contributed by atoms with Gasteiger partial charge in [0.2, 0.25) is 0 Å². The minimum Gasteiger partial charge on any atom is -0.381 e. The van der Waals surface area contributed by atoms with Gasteiger partial charge in [0, 0.05) is 37.3 Å². The highest BCUT2D eigenvalue weighted by Gasteiger charge is 2.34. The summed E-state index contributed by atoms with van der Waals surface area (Å²) in [6, 6.07) is 6.79. The maximum Gasteiger partial charge on any atom is 0.191 e. The van der Waals surface area contributed by atoms with E-state index in [1.165, 1.54) is 6.07 Å². The quantitative estimate of drug-likeness (QED) is 0.566. The van der Waals surface area contributed by atoms with Gasteiger partial charge in [-0.1, -0.05) is 26.0 Å². The second kappa shape index (κ2) is 9.51. The molecule has 1 aromatic carbocycles. The van der Waals surface area contributed by atoms with Gasteiger partial charge in [-0.15, -0.1) is 0 Å². The Morgan fingerprint density at radius 3 is 2.56 bits per heavy atom. The Morgan fingerprint density at radius 1 is 1.26 bits per heavy atom. The Labute approximate surface area is 163 Å². The summed E-state index contributed by atoms with van der Waals surface area (Å²) < 4.78 is 19.1. The van der Waals surface area contributed by atoms with Gasteiger partial charge in [0.1, 0.15) is 5.82 Å². The molecule has 2 rings (SSSR count). The van der Waals surface area contributed by atoms with Crippen LogP contribution in [-0.4, -0.2) is 63.3 Å². The predicted molar refractivity (Wildman–Crippen MR) is 110 cm³/mol. The molecule has 6 heteroatoms. The molecule has 0 unspecified atom stereocenters. The van der Waals surface area contributed by atoms with Crippen molar-refractivity contribution in [3.05, 3.63) is 35.6 Å². The molecule has 0 radical (unpaired) electrons. The first-order valence-electron chi connectivity index (χ1n) is 9.82. The van der Waals surface area contributed by atoms with Crippen LogP contribution in [0.5, 0.6) is 0 Å². The van der Waals surface area contributed by atoms with E-state index in [-0.39, 0.29) is 16.8 Å². The number of benzene rings is 1. The summed E-state index contributed by atoms with van der Waals surface area (Å²) in [7, 11) is 4.26. The van der Waals surface area contributed by atoms with E-state index in [2.05, 4.69) is 50.4 Å². The van der Waals surface area contributed by atoms with Crippen molar-refractivity contribution in [3.63, 3.8) is 0 Å². The molecule has 0 spiro atoms. The predicted octanol–water partition coefficient (Wildman–Crippen LogP) is 2.77. The van der Waals surface area contributed by atoms with Crippen LogP contribution in [0.4, 0.5) is 4.39 Å². The van der Waals surface area contributed by atoms with E-state index in [4.69, 9.17) is 9.73 Å². The molecule has 1 aliphatic rings. The van der Waals surface area contributed by atoms with E-state index >= 15 is 0 Å². The Hall–Kier alpha value is -1.66. The normalized spacial score (nSPS) is 17.8. The average Bonchev–Trinajstić information content (AvgIpc) is 2.64. The summed E-state index contributed by atoms with van der Waals surface area (Å²) in [5.74, 6) is 0.594. The van der Waals surface area contributed by atoms with Crippen molar-refractivity contribution in [3.8, 4) is 0 Å². The Kier molecular flexibility index (Phi) is 7.62. The molecule has 0 atom stereocenters. The fourth-order valence-electron chi connectivity index (χ4n) is 3.40. The van der Waals surface area contributed by atoms with Crippen molar-refractivity contribution in [1.82, 2.24) is 15.5 Å². The van der Waals surface area contributed by atoms with Crippen LogP contribution in [-0.2, 0) is 10.2 Å². The Morgan fingerprint density at radius 2 is 1.96 bits per heavy atom. The van der Waals surface area contributed by atoms with E-state index in [0.29, 0.717) is 6.54 Å². The maximum atomic E-state index is 13.6. The SMILES string of the molecule is CCNC(=NCC(C)(C)c1cccc(F)c1)NCC1(N(C)C)CCOCC1. The van der Waals surface area contributed by atoms with Gasteiger partial charge in [0.05, 0.1) is 6.54 Å². The molecule has 0 saturated carbocycles. The summed E-state index contributed by atoms with van der Waals surface area (Å²) >= 11 is 0. The van der Waals surface area contributed by atoms with Crippen LogP contribution in [0.3, 0.4) is 0 Å². The van der Waals surface area contributed by atoms with Gasteiger partial charge >= 0.3 is 0 Å². The van der Waals surface area contributed by atoms with Crippen LogP contribution in [0.2, 0.25) is 0 Å². The third kappa shape index (κ3) is 5.91. The first kappa shape index (κ1) is 21.6. The second-order valence-corrected chi connectivity index (χ2v) is 8.17. The Balaban J connectivity index is 2.07. The number of guanidine groups is 1. The lowest BCUT2D eigenvalue weighted by Crippen LogP contribution is -2.57. The third-order valence-electron chi connectivity index (χ3n) is 5.54. The van der Waals surface area contributed by atoms with E-state index in [1.54, 1.807) is 12.1 Å². The fraction of sp³-hybridized carbons (Fsp3) is 0.667. The molecule has 0 aromatic heterocycles. The number of likely N-dealkylation sites (N-methyl/N-ethyl adjacent to an activating group) is 1. The topological polar surface area (TPSA) is 48.9 Å². The van der Waals surface area contributed by atoms with Crippen molar-refractivity contribution >= 4 is 5.96 Å². The van der Waals surface area contributed by atoms with Crippen molar-refractivity contribution in [2.75, 3.05) is 46.9 Å². The zero-order valence-electron chi connectivity index (χ0n) is 17.4. The number of rotatable bonds is 7. The van der Waals surface area contributed by atoms with Crippen LogP contribution < -0.4 is 10.6 Å². The molecule has 1 aliphatic heterocycles. The van der Waals surface area contributed by atoms with Gasteiger partial charge in [-0.05, 0) is 51.6 Å². The highest BCUT2D eigenvalue weighted by molar-refractivity contribution is 5.79. The number of nitrogens with zero attached hydrogens (tertiary/aromatic N) is 2. The summed E-state index contributed by atoms with van der Waals surface area (Å²) in [4.78, 5) is 7.08. The number of hydrogen-bond donors (Lipinski definition) is 2. The molecule has 0 aliphatic carbocycles. The molecular weight excluding hydrogens is 343 g/mol. The number of hydrogen-bond acceptors (Lipinski definition) is 3. The lowest BCUT2D eigenvalue weighted by atomic mass is 9.85. The first-order chi connectivity index (χ1) is 12.8. The van der Waals surface area contributed by atoms with Gasteiger partial charge in [-0.3, -0.25) is 4.99 Å². The molecule has 0 amide bonds. The van der Waals surface area contributed by atoms with Gasteiger partial charge < -0.3 is 20.3 Å². The summed E-state index contributed by atoms with van der Waals surface area (Å²) in [6.45, 7) is 10.0. The molecule has 0 bridgehead atoms. The largest absolute Gasteiger partial charge is 0.381 e. The molecule has 1 fully saturated rings. The molecule has 1 heterocycles. The van der Waals surface area contributed by atoms with Crippen LogP contribution in [0.1, 0.15) is 39.2 Å². The molecule has 2 N–H and O–H groups in total. The van der Waals surface area contributed by atoms with Crippen LogP contribution >= 0.6 is 0 Å². The molecule has 27 heavy (non-hydrogen) atoms. The van der Waals surface area contributed by atoms with Gasteiger partial charge in [0.15, 0.2) is 5.96 Å². The number of halogens is 1. The van der Waals surface area contributed by atoms with E-state index in [9.17, 15) is 4.39 Å².